The highest BCUT2D eigenvalue weighted by Gasteiger charge is 2.26. The first-order valence-electron chi connectivity index (χ1n) is 6.67. The van der Waals surface area contributed by atoms with E-state index in [-0.39, 0.29) is 6.04 Å². The maximum atomic E-state index is 5.84. The number of piperazine rings is 1. The highest BCUT2D eigenvalue weighted by atomic mass is 15.3. The third-order valence-electron chi connectivity index (χ3n) is 3.98. The Morgan fingerprint density at radius 2 is 1.89 bits per heavy atom. The summed E-state index contributed by atoms with van der Waals surface area (Å²) in [5.74, 6) is 1.06. The summed E-state index contributed by atoms with van der Waals surface area (Å²) < 4.78 is 0. The van der Waals surface area contributed by atoms with Crippen LogP contribution in [0.25, 0.3) is 0 Å². The normalized spacial score (nSPS) is 27.3. The number of aromatic nitrogens is 1. The van der Waals surface area contributed by atoms with E-state index in [1.54, 1.807) is 0 Å². The van der Waals surface area contributed by atoms with Gasteiger partial charge < -0.3 is 10.6 Å². The number of hydrogen-bond acceptors (Lipinski definition) is 4. The van der Waals surface area contributed by atoms with Gasteiger partial charge in [-0.3, -0.25) is 4.90 Å². The van der Waals surface area contributed by atoms with Crippen LogP contribution in [-0.2, 0) is 0 Å². The average Bonchev–Trinajstić information content (AvgIpc) is 2.35. The van der Waals surface area contributed by atoms with Gasteiger partial charge in [-0.25, -0.2) is 4.98 Å². The first-order valence-corrected chi connectivity index (χ1v) is 6.67. The van der Waals surface area contributed by atoms with Crippen molar-refractivity contribution in [3.63, 3.8) is 0 Å². The van der Waals surface area contributed by atoms with Gasteiger partial charge in [0, 0.05) is 37.4 Å². The fourth-order valence-corrected chi connectivity index (χ4v) is 2.45. The fourth-order valence-electron chi connectivity index (χ4n) is 2.45. The largest absolute Gasteiger partial charge is 0.354 e. The molecule has 0 bridgehead atoms. The van der Waals surface area contributed by atoms with Gasteiger partial charge in [0.05, 0.1) is 0 Å². The van der Waals surface area contributed by atoms with E-state index in [0.29, 0.717) is 12.1 Å². The summed E-state index contributed by atoms with van der Waals surface area (Å²) >= 11 is 0. The van der Waals surface area contributed by atoms with Crippen molar-refractivity contribution in [2.45, 2.75) is 38.9 Å². The Kier molecular flexibility index (Phi) is 3.88. The molecular formula is C14H24N4. The van der Waals surface area contributed by atoms with E-state index in [1.165, 1.54) is 0 Å². The van der Waals surface area contributed by atoms with Crippen LogP contribution < -0.4 is 10.6 Å². The number of nitrogens with zero attached hydrogens (tertiary/aromatic N) is 3. The van der Waals surface area contributed by atoms with Gasteiger partial charge in [0.2, 0.25) is 0 Å². The van der Waals surface area contributed by atoms with E-state index >= 15 is 0 Å². The highest BCUT2D eigenvalue weighted by Crippen LogP contribution is 2.20. The van der Waals surface area contributed by atoms with Crippen LogP contribution in [0.4, 0.5) is 5.82 Å². The van der Waals surface area contributed by atoms with Crippen molar-refractivity contribution in [1.29, 1.82) is 0 Å². The molecule has 2 N–H and O–H groups in total. The second kappa shape index (κ2) is 5.24. The molecule has 100 valence electrons. The summed E-state index contributed by atoms with van der Waals surface area (Å²) in [6.07, 6.45) is 1.90. The molecule has 4 nitrogen and oxygen atoms in total. The molecule has 2 unspecified atom stereocenters. The van der Waals surface area contributed by atoms with Gasteiger partial charge in [-0.15, -0.1) is 0 Å². The number of nitrogens with two attached hydrogens (primary N) is 1. The standard InChI is InChI=1S/C14H24N4/c1-10-8-18(9-11(2)17(10)4)14-6-5-13(7-16-14)12(3)15/h5-7,10-12H,8-9,15H2,1-4H3/t10?,11?,12-/m0/s1. The minimum atomic E-state index is 0.0527. The summed E-state index contributed by atoms with van der Waals surface area (Å²) in [6.45, 7) is 8.57. The second-order valence-corrected chi connectivity index (χ2v) is 5.51. The Bertz CT molecular complexity index is 375. The maximum absolute atomic E-state index is 5.84. The first-order chi connectivity index (χ1) is 8.49. The van der Waals surface area contributed by atoms with Crippen LogP contribution in [0.15, 0.2) is 18.3 Å². The summed E-state index contributed by atoms with van der Waals surface area (Å²) in [6, 6.07) is 5.34. The molecule has 0 spiro atoms. The lowest BCUT2D eigenvalue weighted by molar-refractivity contribution is 0.169. The monoisotopic (exact) mass is 248 g/mol. The van der Waals surface area contributed by atoms with Crippen LogP contribution in [0.5, 0.6) is 0 Å². The lowest BCUT2D eigenvalue weighted by atomic mass is 10.1. The van der Waals surface area contributed by atoms with E-state index in [4.69, 9.17) is 5.73 Å². The van der Waals surface area contributed by atoms with E-state index in [1.807, 2.05) is 13.1 Å². The molecule has 0 saturated carbocycles. The van der Waals surface area contributed by atoms with Crippen LogP contribution >= 0.6 is 0 Å². The molecule has 4 heteroatoms. The van der Waals surface area contributed by atoms with Crippen molar-refractivity contribution >= 4 is 5.82 Å². The van der Waals surface area contributed by atoms with Crippen molar-refractivity contribution in [2.75, 3.05) is 25.0 Å². The summed E-state index contributed by atoms with van der Waals surface area (Å²) in [5.41, 5.74) is 6.94. The molecule has 0 amide bonds. The Morgan fingerprint density at radius 3 is 2.33 bits per heavy atom. The first kappa shape index (κ1) is 13.3. The van der Waals surface area contributed by atoms with E-state index in [9.17, 15) is 0 Å². The Morgan fingerprint density at radius 1 is 1.28 bits per heavy atom. The smallest absolute Gasteiger partial charge is 0.128 e. The Balaban J connectivity index is 2.12. The van der Waals surface area contributed by atoms with E-state index < -0.39 is 0 Å². The Hall–Kier alpha value is -1.13. The summed E-state index contributed by atoms with van der Waals surface area (Å²) in [4.78, 5) is 9.33. The molecule has 0 aliphatic carbocycles. The fraction of sp³-hybridized carbons (Fsp3) is 0.643. The highest BCUT2D eigenvalue weighted by molar-refractivity contribution is 5.41. The molecule has 2 heterocycles. The molecule has 0 aromatic carbocycles. The van der Waals surface area contributed by atoms with Gasteiger partial charge in [0.15, 0.2) is 0 Å². The molecule has 1 saturated heterocycles. The lowest BCUT2D eigenvalue weighted by Crippen LogP contribution is -2.55. The van der Waals surface area contributed by atoms with Crippen molar-refractivity contribution < 1.29 is 0 Å². The van der Waals surface area contributed by atoms with Gasteiger partial charge in [-0.05, 0) is 39.4 Å². The SMILES string of the molecule is CC1CN(c2ccc([C@H](C)N)cn2)CC(C)N1C. The number of anilines is 1. The second-order valence-electron chi connectivity index (χ2n) is 5.51. The molecule has 0 radical (unpaired) electrons. The maximum Gasteiger partial charge on any atom is 0.128 e. The van der Waals surface area contributed by atoms with Crippen LogP contribution in [0.2, 0.25) is 0 Å². The van der Waals surface area contributed by atoms with Gasteiger partial charge >= 0.3 is 0 Å². The van der Waals surface area contributed by atoms with Crippen molar-refractivity contribution in [3.8, 4) is 0 Å². The third-order valence-corrected chi connectivity index (χ3v) is 3.98. The predicted octanol–water partition coefficient (Wildman–Crippen LogP) is 1.63. The molecule has 1 aliphatic heterocycles. The van der Waals surface area contributed by atoms with Gasteiger partial charge in [-0.2, -0.15) is 0 Å². The average molecular weight is 248 g/mol. The molecule has 1 aromatic rings. The zero-order chi connectivity index (χ0) is 13.3. The minimum absolute atomic E-state index is 0.0527. The van der Waals surface area contributed by atoms with Crippen LogP contribution in [0, 0.1) is 0 Å². The molecule has 1 aromatic heterocycles. The van der Waals surface area contributed by atoms with Crippen LogP contribution in [0.1, 0.15) is 32.4 Å². The van der Waals surface area contributed by atoms with Crippen molar-refractivity contribution in [1.82, 2.24) is 9.88 Å². The van der Waals surface area contributed by atoms with Crippen LogP contribution in [0.3, 0.4) is 0 Å². The number of rotatable bonds is 2. The summed E-state index contributed by atoms with van der Waals surface area (Å²) in [7, 11) is 2.19. The van der Waals surface area contributed by atoms with Gasteiger partial charge in [0.1, 0.15) is 5.82 Å². The number of pyridine rings is 1. The third kappa shape index (κ3) is 2.65. The molecule has 1 aliphatic rings. The zero-order valence-electron chi connectivity index (χ0n) is 11.8. The molecule has 1 fully saturated rings. The lowest BCUT2D eigenvalue weighted by Gasteiger charge is -2.43. The number of hydrogen-bond donors (Lipinski definition) is 1. The van der Waals surface area contributed by atoms with E-state index in [2.05, 4.69) is 47.8 Å². The number of likely N-dealkylation sites (N-methyl/N-ethyl adjacent to an activating group) is 1. The van der Waals surface area contributed by atoms with E-state index in [0.717, 1.165) is 24.5 Å². The predicted molar refractivity (Wildman–Crippen MR) is 75.7 cm³/mol. The minimum Gasteiger partial charge on any atom is -0.354 e. The quantitative estimate of drug-likeness (QED) is 0.864. The van der Waals surface area contributed by atoms with Gasteiger partial charge in [-0.1, -0.05) is 6.07 Å². The molecule has 3 atom stereocenters. The van der Waals surface area contributed by atoms with Crippen molar-refractivity contribution in [3.05, 3.63) is 23.9 Å². The van der Waals surface area contributed by atoms with Crippen LogP contribution in [-0.4, -0.2) is 42.1 Å². The molecule has 18 heavy (non-hydrogen) atoms. The topological polar surface area (TPSA) is 45.4 Å². The molecule has 2 rings (SSSR count). The summed E-state index contributed by atoms with van der Waals surface area (Å²) in [5, 5.41) is 0. The Labute approximate surface area is 110 Å². The zero-order valence-corrected chi connectivity index (χ0v) is 11.8. The molecular weight excluding hydrogens is 224 g/mol. The van der Waals surface area contributed by atoms with Crippen molar-refractivity contribution in [2.24, 2.45) is 5.73 Å². The van der Waals surface area contributed by atoms with Gasteiger partial charge in [0.25, 0.3) is 0 Å².